The molecule has 0 fully saturated rings. The van der Waals surface area contributed by atoms with Crippen molar-refractivity contribution in [2.45, 2.75) is 4.90 Å². The van der Waals surface area contributed by atoms with Gasteiger partial charge in [0.25, 0.3) is 5.91 Å². The highest BCUT2D eigenvalue weighted by Gasteiger charge is 2.28. The minimum absolute atomic E-state index is 0.0764. The summed E-state index contributed by atoms with van der Waals surface area (Å²) < 4.78 is 5.67. The third-order valence-electron chi connectivity index (χ3n) is 3.08. The van der Waals surface area contributed by atoms with Crippen molar-refractivity contribution < 1.29 is 14.6 Å². The Kier molecular flexibility index (Phi) is 3.49. The Bertz CT molecular complexity index is 838. The van der Waals surface area contributed by atoms with Crippen LogP contribution < -0.4 is 10.5 Å². The van der Waals surface area contributed by atoms with Crippen LogP contribution in [0.25, 0.3) is 11.1 Å². The Balaban J connectivity index is 2.15. The normalized spacial score (nSPS) is 14.7. The van der Waals surface area contributed by atoms with Crippen molar-refractivity contribution in [1.29, 1.82) is 5.26 Å². The van der Waals surface area contributed by atoms with Crippen LogP contribution in [-0.2, 0) is 4.79 Å². The number of benzene rings is 2. The summed E-state index contributed by atoms with van der Waals surface area (Å²) in [6.07, 6.45) is 0. The topological polar surface area (TPSA) is 96.3 Å². The molecular weight excluding hydrogens is 300 g/mol. The largest absolute Gasteiger partial charge is 0.508 e. The fourth-order valence-corrected chi connectivity index (χ4v) is 3.11. The molecular formula is C16H10N2O3S. The molecule has 0 saturated heterocycles. The molecule has 3 rings (SSSR count). The SMILES string of the molecule is N#CC(C(N)=O)=C1Oc2c(cc(O)cc2-c2ccccc2)S1. The summed E-state index contributed by atoms with van der Waals surface area (Å²) in [5.41, 5.74) is 6.48. The Morgan fingerprint density at radius 1 is 1.27 bits per heavy atom. The summed E-state index contributed by atoms with van der Waals surface area (Å²) in [6.45, 7) is 0. The van der Waals surface area contributed by atoms with Gasteiger partial charge in [0.05, 0.1) is 4.90 Å². The van der Waals surface area contributed by atoms with Crippen molar-refractivity contribution >= 4 is 17.7 Å². The molecule has 2 aromatic carbocycles. The second kappa shape index (κ2) is 5.47. The number of carbonyl (C=O) groups excluding carboxylic acids is 1. The van der Waals surface area contributed by atoms with Gasteiger partial charge in [-0.1, -0.05) is 30.3 Å². The van der Waals surface area contributed by atoms with Gasteiger partial charge in [0, 0.05) is 5.56 Å². The molecule has 2 aromatic rings. The van der Waals surface area contributed by atoms with E-state index in [2.05, 4.69) is 0 Å². The first kappa shape index (κ1) is 14.0. The first-order chi connectivity index (χ1) is 10.6. The number of nitrogens with zero attached hydrogens (tertiary/aromatic N) is 1. The van der Waals surface area contributed by atoms with Gasteiger partial charge < -0.3 is 15.6 Å². The van der Waals surface area contributed by atoms with E-state index in [4.69, 9.17) is 15.7 Å². The van der Waals surface area contributed by atoms with Crippen molar-refractivity contribution in [2.24, 2.45) is 5.73 Å². The molecule has 0 saturated carbocycles. The summed E-state index contributed by atoms with van der Waals surface area (Å²) in [5.74, 6) is -0.270. The number of aromatic hydroxyl groups is 1. The van der Waals surface area contributed by atoms with Gasteiger partial charge in [0.15, 0.2) is 10.7 Å². The number of primary amides is 1. The molecule has 6 heteroatoms. The molecule has 3 N–H and O–H groups in total. The van der Waals surface area contributed by atoms with Crippen LogP contribution in [0, 0.1) is 11.3 Å². The van der Waals surface area contributed by atoms with Crippen LogP contribution in [0.4, 0.5) is 0 Å². The van der Waals surface area contributed by atoms with E-state index in [-0.39, 0.29) is 16.4 Å². The van der Waals surface area contributed by atoms with Crippen LogP contribution in [0.3, 0.4) is 0 Å². The number of hydrogen-bond donors (Lipinski definition) is 2. The minimum atomic E-state index is -0.844. The molecule has 1 aliphatic heterocycles. The second-order valence-corrected chi connectivity index (χ2v) is 5.54. The van der Waals surface area contributed by atoms with Gasteiger partial charge in [0.1, 0.15) is 17.6 Å². The molecule has 0 unspecified atom stereocenters. The zero-order chi connectivity index (χ0) is 15.7. The lowest BCUT2D eigenvalue weighted by Crippen LogP contribution is -2.15. The van der Waals surface area contributed by atoms with Gasteiger partial charge in [0.2, 0.25) is 0 Å². The molecule has 1 heterocycles. The van der Waals surface area contributed by atoms with Crippen LogP contribution >= 0.6 is 11.8 Å². The first-order valence-electron chi connectivity index (χ1n) is 6.32. The maximum absolute atomic E-state index is 11.3. The fourth-order valence-electron chi connectivity index (χ4n) is 2.12. The second-order valence-electron chi connectivity index (χ2n) is 4.53. The maximum Gasteiger partial charge on any atom is 0.263 e. The zero-order valence-electron chi connectivity index (χ0n) is 11.2. The monoisotopic (exact) mass is 310 g/mol. The van der Waals surface area contributed by atoms with Gasteiger partial charge in [-0.05, 0) is 29.5 Å². The van der Waals surface area contributed by atoms with Crippen molar-refractivity contribution in [1.82, 2.24) is 0 Å². The number of phenols is 1. The predicted molar refractivity (Wildman–Crippen MR) is 81.9 cm³/mol. The number of fused-ring (bicyclic) bond motifs is 1. The number of carbonyl (C=O) groups is 1. The lowest BCUT2D eigenvalue weighted by atomic mass is 10.0. The number of hydrogen-bond acceptors (Lipinski definition) is 5. The molecule has 0 aliphatic carbocycles. The average Bonchev–Trinajstić information content (AvgIpc) is 2.90. The Hall–Kier alpha value is -2.91. The van der Waals surface area contributed by atoms with Crippen LogP contribution in [0.15, 0.2) is 58.0 Å². The fraction of sp³-hybridized carbons (Fsp3) is 0. The van der Waals surface area contributed by atoms with Gasteiger partial charge in [-0.3, -0.25) is 4.79 Å². The molecule has 0 radical (unpaired) electrons. The van der Waals surface area contributed by atoms with Gasteiger partial charge in [-0.25, -0.2) is 0 Å². The lowest BCUT2D eigenvalue weighted by molar-refractivity contribution is -0.114. The standard InChI is InChI=1S/C16H10N2O3S/c17-8-12(15(18)20)16-21-14-11(9-4-2-1-3-5-9)6-10(19)7-13(14)22-16/h1-7,19H,(H2,18,20). The van der Waals surface area contributed by atoms with E-state index in [1.807, 2.05) is 30.3 Å². The number of nitriles is 1. The molecule has 0 bridgehead atoms. The van der Waals surface area contributed by atoms with Crippen molar-refractivity contribution in [3.63, 3.8) is 0 Å². The lowest BCUT2D eigenvalue weighted by Gasteiger charge is -2.08. The number of thioether (sulfide) groups is 1. The maximum atomic E-state index is 11.3. The van der Waals surface area contributed by atoms with E-state index in [0.29, 0.717) is 16.2 Å². The Morgan fingerprint density at radius 3 is 2.64 bits per heavy atom. The van der Waals surface area contributed by atoms with Gasteiger partial charge in [-0.15, -0.1) is 0 Å². The van der Waals surface area contributed by atoms with Crippen LogP contribution in [0.1, 0.15) is 0 Å². The zero-order valence-corrected chi connectivity index (χ0v) is 12.1. The summed E-state index contributed by atoms with van der Waals surface area (Å²) in [5, 5.41) is 19.0. The van der Waals surface area contributed by atoms with E-state index in [1.165, 1.54) is 6.07 Å². The number of amides is 1. The first-order valence-corrected chi connectivity index (χ1v) is 7.14. The summed E-state index contributed by atoms with van der Waals surface area (Å²) >= 11 is 1.09. The van der Waals surface area contributed by atoms with E-state index in [1.54, 1.807) is 12.1 Å². The highest BCUT2D eigenvalue weighted by molar-refractivity contribution is 8.03. The number of nitrogens with two attached hydrogens (primary N) is 1. The number of phenolic OH excluding ortho intramolecular Hbond substituents is 1. The van der Waals surface area contributed by atoms with Crippen LogP contribution in [-0.4, -0.2) is 11.0 Å². The average molecular weight is 310 g/mol. The molecule has 22 heavy (non-hydrogen) atoms. The van der Waals surface area contributed by atoms with E-state index in [9.17, 15) is 9.90 Å². The molecule has 0 aromatic heterocycles. The van der Waals surface area contributed by atoms with Crippen molar-refractivity contribution in [3.05, 3.63) is 53.1 Å². The van der Waals surface area contributed by atoms with Crippen LogP contribution in [0.5, 0.6) is 11.5 Å². The third-order valence-corrected chi connectivity index (χ3v) is 4.08. The molecule has 108 valence electrons. The van der Waals surface area contributed by atoms with E-state index in [0.717, 1.165) is 17.3 Å². The quantitative estimate of drug-likeness (QED) is 0.656. The van der Waals surface area contributed by atoms with Crippen molar-refractivity contribution in [3.8, 4) is 28.7 Å². The molecule has 1 aliphatic rings. The minimum Gasteiger partial charge on any atom is -0.508 e. The van der Waals surface area contributed by atoms with Gasteiger partial charge in [-0.2, -0.15) is 5.26 Å². The highest BCUT2D eigenvalue weighted by atomic mass is 32.2. The number of rotatable bonds is 2. The van der Waals surface area contributed by atoms with Gasteiger partial charge >= 0.3 is 0 Å². The molecule has 0 spiro atoms. The summed E-state index contributed by atoms with van der Waals surface area (Å²) in [4.78, 5) is 11.9. The molecule has 5 nitrogen and oxygen atoms in total. The van der Waals surface area contributed by atoms with E-state index < -0.39 is 5.91 Å². The van der Waals surface area contributed by atoms with Crippen LogP contribution in [0.2, 0.25) is 0 Å². The Morgan fingerprint density at radius 2 is 2.00 bits per heavy atom. The Labute approximate surface area is 130 Å². The number of ether oxygens (including phenoxy) is 1. The smallest absolute Gasteiger partial charge is 0.263 e. The molecule has 0 atom stereocenters. The van der Waals surface area contributed by atoms with E-state index >= 15 is 0 Å². The third kappa shape index (κ3) is 2.38. The van der Waals surface area contributed by atoms with Crippen molar-refractivity contribution in [2.75, 3.05) is 0 Å². The highest BCUT2D eigenvalue weighted by Crippen LogP contribution is 2.50. The summed E-state index contributed by atoms with van der Waals surface area (Å²) in [6, 6.07) is 14.2. The molecule has 1 amide bonds. The predicted octanol–water partition coefficient (Wildman–Crippen LogP) is 2.76. The summed E-state index contributed by atoms with van der Waals surface area (Å²) in [7, 11) is 0.